The largest absolute Gasteiger partial charge is 0.342 e. The standard InChI is InChI=1S/C30H33N5O2S/c1-3-30(2)18-22-14-8-9-15-23(22)26-25(30)27(37)34(19-21-12-6-4-7-13-21)28-31-32-29(35(26)28)38-20-24(36)33-16-10-5-11-17-33/h4,6-9,12-15H,3,5,10-11,16-20H2,1-2H3/t30-/m1/s1. The van der Waals surface area contributed by atoms with E-state index in [9.17, 15) is 9.59 Å². The van der Waals surface area contributed by atoms with Crippen LogP contribution in [0.5, 0.6) is 0 Å². The Morgan fingerprint density at radius 2 is 1.74 bits per heavy atom. The molecule has 1 aliphatic carbocycles. The van der Waals surface area contributed by atoms with Gasteiger partial charge in [0.05, 0.1) is 18.0 Å². The second-order valence-corrected chi connectivity index (χ2v) is 11.6. The van der Waals surface area contributed by atoms with Crippen LogP contribution >= 0.6 is 11.8 Å². The minimum Gasteiger partial charge on any atom is -0.342 e. The van der Waals surface area contributed by atoms with Gasteiger partial charge in [-0.3, -0.25) is 18.6 Å². The van der Waals surface area contributed by atoms with E-state index in [1.807, 2.05) is 45.7 Å². The third kappa shape index (κ3) is 4.25. The maximum absolute atomic E-state index is 14.3. The fourth-order valence-corrected chi connectivity index (χ4v) is 6.79. The summed E-state index contributed by atoms with van der Waals surface area (Å²) in [5.74, 6) is 0.956. The highest BCUT2D eigenvalue weighted by Crippen LogP contribution is 2.44. The number of carbonyl (C=O) groups excluding carboxylic acids is 1. The maximum atomic E-state index is 14.3. The molecule has 196 valence electrons. The zero-order chi connectivity index (χ0) is 26.3. The predicted octanol–water partition coefficient (Wildman–Crippen LogP) is 4.93. The molecule has 0 radical (unpaired) electrons. The van der Waals surface area contributed by atoms with Crippen LogP contribution in [0.25, 0.3) is 17.0 Å². The molecule has 0 saturated carbocycles. The first-order chi connectivity index (χ1) is 18.5. The van der Waals surface area contributed by atoms with Gasteiger partial charge in [-0.15, -0.1) is 10.2 Å². The minimum atomic E-state index is -0.330. The number of piperidine rings is 1. The fourth-order valence-electron chi connectivity index (χ4n) is 5.95. The van der Waals surface area contributed by atoms with Gasteiger partial charge in [-0.2, -0.15) is 0 Å². The lowest BCUT2D eigenvalue weighted by Gasteiger charge is -2.36. The second-order valence-electron chi connectivity index (χ2n) is 10.7. The molecule has 1 atom stereocenters. The molecule has 0 bridgehead atoms. The van der Waals surface area contributed by atoms with E-state index >= 15 is 0 Å². The summed E-state index contributed by atoms with van der Waals surface area (Å²) < 4.78 is 3.80. The minimum absolute atomic E-state index is 0.0106. The van der Waals surface area contributed by atoms with Gasteiger partial charge in [0.25, 0.3) is 5.56 Å². The van der Waals surface area contributed by atoms with Crippen molar-refractivity contribution in [2.24, 2.45) is 0 Å². The van der Waals surface area contributed by atoms with Crippen molar-refractivity contribution < 1.29 is 4.79 Å². The topological polar surface area (TPSA) is 72.5 Å². The van der Waals surface area contributed by atoms with Crippen LogP contribution in [0, 0.1) is 0 Å². The third-order valence-electron chi connectivity index (χ3n) is 8.23. The number of nitrogens with zero attached hydrogens (tertiary/aromatic N) is 5. The summed E-state index contributed by atoms with van der Waals surface area (Å²) in [4.78, 5) is 29.3. The number of rotatable bonds is 6. The lowest BCUT2D eigenvalue weighted by atomic mass is 9.69. The molecule has 1 amide bonds. The van der Waals surface area contributed by atoms with Gasteiger partial charge in [0.2, 0.25) is 11.7 Å². The monoisotopic (exact) mass is 527 g/mol. The highest BCUT2D eigenvalue weighted by molar-refractivity contribution is 7.99. The van der Waals surface area contributed by atoms with E-state index in [4.69, 9.17) is 0 Å². The average Bonchev–Trinajstić information content (AvgIpc) is 3.38. The summed E-state index contributed by atoms with van der Waals surface area (Å²) in [6.45, 7) is 6.41. The third-order valence-corrected chi connectivity index (χ3v) is 9.14. The Bertz CT molecular complexity index is 1550. The summed E-state index contributed by atoms with van der Waals surface area (Å²) in [6, 6.07) is 18.3. The number of fused-ring (bicyclic) bond motifs is 5. The van der Waals surface area contributed by atoms with Crippen molar-refractivity contribution in [3.05, 3.63) is 81.6 Å². The second kappa shape index (κ2) is 10.1. The number of thioether (sulfide) groups is 1. The summed E-state index contributed by atoms with van der Waals surface area (Å²) in [5.41, 5.74) is 4.64. The zero-order valence-electron chi connectivity index (χ0n) is 22.0. The van der Waals surface area contributed by atoms with Gasteiger partial charge in [-0.25, -0.2) is 0 Å². The normalized spacial score (nSPS) is 18.8. The number of likely N-dealkylation sites (tertiary alicyclic amines) is 1. The molecule has 8 heteroatoms. The van der Waals surface area contributed by atoms with Crippen LogP contribution in [-0.2, 0) is 23.2 Å². The molecule has 2 aromatic carbocycles. The highest BCUT2D eigenvalue weighted by Gasteiger charge is 2.39. The number of aromatic nitrogens is 4. The number of carbonyl (C=O) groups is 1. The van der Waals surface area contributed by atoms with Gasteiger partial charge in [-0.1, -0.05) is 80.2 Å². The molecule has 4 aromatic rings. The van der Waals surface area contributed by atoms with Gasteiger partial charge in [0.1, 0.15) is 0 Å². The first kappa shape index (κ1) is 24.9. The molecule has 3 heterocycles. The maximum Gasteiger partial charge on any atom is 0.259 e. The Morgan fingerprint density at radius 1 is 1.00 bits per heavy atom. The van der Waals surface area contributed by atoms with Gasteiger partial charge >= 0.3 is 0 Å². The van der Waals surface area contributed by atoms with E-state index in [0.29, 0.717) is 23.2 Å². The fraction of sp³-hybridized carbons (Fsp3) is 0.400. The first-order valence-electron chi connectivity index (χ1n) is 13.6. The average molecular weight is 528 g/mol. The molecule has 1 fully saturated rings. The smallest absolute Gasteiger partial charge is 0.259 e. The van der Waals surface area contributed by atoms with Crippen molar-refractivity contribution in [3.63, 3.8) is 0 Å². The van der Waals surface area contributed by atoms with E-state index in [2.05, 4.69) is 42.2 Å². The molecule has 7 nitrogen and oxygen atoms in total. The predicted molar refractivity (Wildman–Crippen MR) is 151 cm³/mol. The van der Waals surface area contributed by atoms with E-state index in [-0.39, 0.29) is 16.9 Å². The quantitative estimate of drug-likeness (QED) is 0.332. The molecular formula is C30H33N5O2S. The Labute approximate surface area is 226 Å². The molecule has 0 spiro atoms. The molecule has 38 heavy (non-hydrogen) atoms. The zero-order valence-corrected chi connectivity index (χ0v) is 22.8. The molecule has 0 unspecified atom stereocenters. The summed E-state index contributed by atoms with van der Waals surface area (Å²) in [7, 11) is 0. The van der Waals surface area contributed by atoms with Crippen LogP contribution in [-0.4, -0.2) is 48.8 Å². The molecule has 0 N–H and O–H groups in total. The van der Waals surface area contributed by atoms with Crippen LogP contribution in [0.4, 0.5) is 0 Å². The van der Waals surface area contributed by atoms with E-state index in [1.165, 1.54) is 23.7 Å². The Kier molecular flexibility index (Phi) is 6.60. The van der Waals surface area contributed by atoms with Crippen LogP contribution < -0.4 is 5.56 Å². The van der Waals surface area contributed by atoms with Crippen LogP contribution in [0.2, 0.25) is 0 Å². The van der Waals surface area contributed by atoms with Crippen molar-refractivity contribution in [3.8, 4) is 11.3 Å². The summed E-state index contributed by atoms with van der Waals surface area (Å²) in [5, 5.41) is 9.76. The molecule has 1 saturated heterocycles. The van der Waals surface area contributed by atoms with Gasteiger partial charge in [0.15, 0.2) is 5.16 Å². The Hall–Kier alpha value is -3.39. The number of benzene rings is 2. The first-order valence-corrected chi connectivity index (χ1v) is 14.5. The van der Waals surface area contributed by atoms with Crippen molar-refractivity contribution in [2.45, 2.75) is 63.1 Å². The van der Waals surface area contributed by atoms with Crippen LogP contribution in [0.15, 0.2) is 64.5 Å². The highest BCUT2D eigenvalue weighted by atomic mass is 32.2. The lowest BCUT2D eigenvalue weighted by Crippen LogP contribution is -2.40. The number of hydrogen-bond donors (Lipinski definition) is 0. The van der Waals surface area contributed by atoms with Crippen molar-refractivity contribution in [1.82, 2.24) is 24.1 Å². The lowest BCUT2D eigenvalue weighted by molar-refractivity contribution is -0.129. The van der Waals surface area contributed by atoms with Crippen LogP contribution in [0.3, 0.4) is 0 Å². The molecule has 2 aliphatic rings. The number of amides is 1. The molecule has 6 rings (SSSR count). The van der Waals surface area contributed by atoms with Crippen molar-refractivity contribution >= 4 is 23.4 Å². The van der Waals surface area contributed by atoms with Gasteiger partial charge in [-0.05, 0) is 43.2 Å². The Morgan fingerprint density at radius 3 is 2.50 bits per heavy atom. The number of hydrogen-bond acceptors (Lipinski definition) is 5. The molecule has 1 aliphatic heterocycles. The summed E-state index contributed by atoms with van der Waals surface area (Å²) in [6.07, 6.45) is 4.95. The van der Waals surface area contributed by atoms with E-state index < -0.39 is 0 Å². The Balaban J connectivity index is 1.54. The van der Waals surface area contributed by atoms with Gasteiger partial charge < -0.3 is 4.90 Å². The van der Waals surface area contributed by atoms with Gasteiger partial charge in [0, 0.05) is 29.6 Å². The summed E-state index contributed by atoms with van der Waals surface area (Å²) >= 11 is 1.42. The van der Waals surface area contributed by atoms with Crippen molar-refractivity contribution in [1.29, 1.82) is 0 Å². The van der Waals surface area contributed by atoms with Crippen LogP contribution in [0.1, 0.15) is 56.2 Å². The van der Waals surface area contributed by atoms with E-state index in [1.54, 1.807) is 4.57 Å². The SMILES string of the molecule is CC[C@]1(C)Cc2ccccc2-c2c1c(=O)n(Cc1ccccc1)c1nnc(SCC(=O)N3CCCCC3)n21. The molecule has 2 aromatic heterocycles. The van der Waals surface area contributed by atoms with Crippen molar-refractivity contribution in [2.75, 3.05) is 18.8 Å². The molecular weight excluding hydrogens is 494 g/mol. The van der Waals surface area contributed by atoms with E-state index in [0.717, 1.165) is 61.2 Å².